The lowest BCUT2D eigenvalue weighted by molar-refractivity contribution is -0.115. The molecule has 1 N–H and O–H groups in total. The summed E-state index contributed by atoms with van der Waals surface area (Å²) < 4.78 is 0.789. The van der Waals surface area contributed by atoms with Crippen LogP contribution < -0.4 is 0 Å². The monoisotopic (exact) mass is 322 g/mol. The van der Waals surface area contributed by atoms with Crippen LogP contribution in [0.1, 0.15) is 26.2 Å². The molecule has 1 rings (SSSR count). The fraction of sp³-hybridized carbons (Fsp3) is 0.500. The Bertz CT molecular complexity index is 301. The lowest BCUT2D eigenvalue weighted by atomic mass is 10.0. The summed E-state index contributed by atoms with van der Waals surface area (Å²) in [6.45, 7) is 1.99. The van der Waals surface area contributed by atoms with Crippen molar-refractivity contribution in [1.82, 2.24) is 0 Å². The van der Waals surface area contributed by atoms with Gasteiger partial charge in [0.15, 0.2) is 5.78 Å². The van der Waals surface area contributed by atoms with Crippen LogP contribution in [0.25, 0.3) is 0 Å². The van der Waals surface area contributed by atoms with E-state index in [0.717, 1.165) is 15.4 Å². The van der Waals surface area contributed by atoms with E-state index >= 15 is 0 Å². The number of allylic oxidation sites excluding steroid dienone is 2. The zero-order chi connectivity index (χ0) is 10.7. The molecule has 1 aliphatic rings. The minimum atomic E-state index is -0.607. The molecule has 0 amide bonds. The molecule has 4 heteroatoms. The standard InChI is InChI=1S/C10H12Br2O2/c1-2-3-8(13)7-4-6(10(11)12)5-9(7)14/h4,8,13H,2-3,5H2,1H3. The number of aliphatic hydroxyl groups excluding tert-OH is 1. The number of carbonyl (C=O) groups excluding carboxylic acids is 1. The Labute approximate surface area is 100 Å². The van der Waals surface area contributed by atoms with Crippen molar-refractivity contribution in [2.24, 2.45) is 0 Å². The SMILES string of the molecule is CCCC(O)C1=CC(=C(Br)Br)CC1=O. The first-order valence-electron chi connectivity index (χ1n) is 4.53. The Morgan fingerprint density at radius 2 is 2.29 bits per heavy atom. The van der Waals surface area contributed by atoms with Gasteiger partial charge in [-0.05, 0) is 49.9 Å². The second-order valence-corrected chi connectivity index (χ2v) is 5.94. The molecule has 14 heavy (non-hydrogen) atoms. The molecule has 1 atom stereocenters. The van der Waals surface area contributed by atoms with E-state index in [-0.39, 0.29) is 5.78 Å². The van der Waals surface area contributed by atoms with Crippen molar-refractivity contribution in [1.29, 1.82) is 0 Å². The number of hydrogen-bond donors (Lipinski definition) is 1. The highest BCUT2D eigenvalue weighted by Gasteiger charge is 2.25. The number of aliphatic hydroxyl groups is 1. The maximum Gasteiger partial charge on any atom is 0.165 e. The molecule has 0 heterocycles. The average molecular weight is 324 g/mol. The van der Waals surface area contributed by atoms with Crippen LogP contribution in [0.4, 0.5) is 0 Å². The van der Waals surface area contributed by atoms with E-state index in [4.69, 9.17) is 0 Å². The molecule has 0 radical (unpaired) electrons. The summed E-state index contributed by atoms with van der Waals surface area (Å²) in [5.41, 5.74) is 1.44. The van der Waals surface area contributed by atoms with Gasteiger partial charge in [-0.15, -0.1) is 0 Å². The third-order valence-corrected chi connectivity index (χ3v) is 3.19. The van der Waals surface area contributed by atoms with Crippen LogP contribution in [-0.2, 0) is 4.79 Å². The Hall–Kier alpha value is 0.0700. The first kappa shape index (κ1) is 12.1. The molecule has 0 aromatic rings. The van der Waals surface area contributed by atoms with Gasteiger partial charge in [0.2, 0.25) is 0 Å². The predicted molar refractivity (Wildman–Crippen MR) is 63.5 cm³/mol. The van der Waals surface area contributed by atoms with Gasteiger partial charge in [0, 0.05) is 12.0 Å². The van der Waals surface area contributed by atoms with Crippen molar-refractivity contribution >= 4 is 37.6 Å². The Morgan fingerprint density at radius 3 is 2.71 bits per heavy atom. The highest BCUT2D eigenvalue weighted by molar-refractivity contribution is 9.28. The lowest BCUT2D eigenvalue weighted by Crippen LogP contribution is -2.14. The van der Waals surface area contributed by atoms with E-state index in [9.17, 15) is 9.90 Å². The van der Waals surface area contributed by atoms with Crippen molar-refractivity contribution in [3.8, 4) is 0 Å². The van der Waals surface area contributed by atoms with Gasteiger partial charge in [0.1, 0.15) is 0 Å². The van der Waals surface area contributed by atoms with Gasteiger partial charge in [-0.2, -0.15) is 0 Å². The largest absolute Gasteiger partial charge is 0.388 e. The molecule has 1 aliphatic carbocycles. The topological polar surface area (TPSA) is 37.3 Å². The maximum atomic E-state index is 11.5. The fourth-order valence-corrected chi connectivity index (χ4v) is 1.94. The summed E-state index contributed by atoms with van der Waals surface area (Å²) in [7, 11) is 0. The van der Waals surface area contributed by atoms with Crippen LogP contribution in [0.15, 0.2) is 20.6 Å². The lowest BCUT2D eigenvalue weighted by Gasteiger charge is -2.07. The van der Waals surface area contributed by atoms with Crippen LogP contribution in [0.5, 0.6) is 0 Å². The molecular formula is C10H12Br2O2. The van der Waals surface area contributed by atoms with Gasteiger partial charge in [0.05, 0.1) is 9.50 Å². The van der Waals surface area contributed by atoms with E-state index in [1.165, 1.54) is 0 Å². The quantitative estimate of drug-likeness (QED) is 0.866. The van der Waals surface area contributed by atoms with Crippen LogP contribution in [0.2, 0.25) is 0 Å². The zero-order valence-corrected chi connectivity index (χ0v) is 11.1. The summed E-state index contributed by atoms with van der Waals surface area (Å²) in [6.07, 6.45) is 3.05. The second kappa shape index (κ2) is 5.24. The number of halogens is 2. The highest BCUT2D eigenvalue weighted by Crippen LogP contribution is 2.31. The van der Waals surface area contributed by atoms with Gasteiger partial charge in [-0.1, -0.05) is 13.3 Å². The third kappa shape index (κ3) is 2.78. The molecule has 0 fully saturated rings. The molecule has 78 valence electrons. The molecule has 2 nitrogen and oxygen atoms in total. The molecular weight excluding hydrogens is 312 g/mol. The number of ketones is 1. The maximum absolute atomic E-state index is 11.5. The second-order valence-electron chi connectivity index (χ2n) is 3.29. The van der Waals surface area contributed by atoms with Crippen molar-refractivity contribution in [3.05, 3.63) is 20.6 Å². The zero-order valence-electron chi connectivity index (χ0n) is 7.89. The van der Waals surface area contributed by atoms with Crippen LogP contribution >= 0.6 is 31.9 Å². The Kier molecular flexibility index (Phi) is 4.54. The molecule has 0 bridgehead atoms. The minimum Gasteiger partial charge on any atom is -0.388 e. The predicted octanol–water partition coefficient (Wildman–Crippen LogP) is 3.05. The molecule has 0 spiro atoms. The van der Waals surface area contributed by atoms with E-state index in [1.807, 2.05) is 6.92 Å². The van der Waals surface area contributed by atoms with E-state index in [1.54, 1.807) is 6.08 Å². The van der Waals surface area contributed by atoms with Crippen molar-refractivity contribution in [2.45, 2.75) is 32.3 Å². The molecule has 0 aromatic heterocycles. The van der Waals surface area contributed by atoms with E-state index < -0.39 is 6.10 Å². The summed E-state index contributed by atoms with van der Waals surface area (Å²) in [6, 6.07) is 0. The average Bonchev–Trinajstić information content (AvgIpc) is 2.48. The Morgan fingerprint density at radius 1 is 1.64 bits per heavy atom. The van der Waals surface area contributed by atoms with Gasteiger partial charge < -0.3 is 5.11 Å². The number of carbonyl (C=O) groups is 1. The molecule has 0 aromatic carbocycles. The summed E-state index contributed by atoms with van der Waals surface area (Å²) in [4.78, 5) is 11.5. The number of hydrogen-bond acceptors (Lipinski definition) is 2. The highest BCUT2D eigenvalue weighted by atomic mass is 79.9. The van der Waals surface area contributed by atoms with E-state index in [0.29, 0.717) is 18.4 Å². The van der Waals surface area contributed by atoms with Gasteiger partial charge in [-0.3, -0.25) is 4.79 Å². The third-order valence-electron chi connectivity index (χ3n) is 2.17. The van der Waals surface area contributed by atoms with Gasteiger partial charge in [0.25, 0.3) is 0 Å². The first-order valence-corrected chi connectivity index (χ1v) is 6.11. The smallest absolute Gasteiger partial charge is 0.165 e. The van der Waals surface area contributed by atoms with Crippen molar-refractivity contribution < 1.29 is 9.90 Å². The summed E-state index contributed by atoms with van der Waals surface area (Å²) in [5, 5.41) is 9.68. The van der Waals surface area contributed by atoms with Gasteiger partial charge in [-0.25, -0.2) is 0 Å². The van der Waals surface area contributed by atoms with Crippen LogP contribution in [-0.4, -0.2) is 17.0 Å². The molecule has 0 aliphatic heterocycles. The minimum absolute atomic E-state index is 0.0253. The van der Waals surface area contributed by atoms with Crippen molar-refractivity contribution in [2.75, 3.05) is 0 Å². The molecule has 0 saturated heterocycles. The normalized spacial score (nSPS) is 18.4. The van der Waals surface area contributed by atoms with E-state index in [2.05, 4.69) is 31.9 Å². The van der Waals surface area contributed by atoms with Crippen molar-refractivity contribution in [3.63, 3.8) is 0 Å². The van der Waals surface area contributed by atoms with Crippen LogP contribution in [0.3, 0.4) is 0 Å². The Balaban J connectivity index is 2.84. The first-order chi connectivity index (χ1) is 6.56. The molecule has 1 unspecified atom stereocenters. The summed E-state index contributed by atoms with van der Waals surface area (Å²) >= 11 is 6.52. The fourth-order valence-electron chi connectivity index (χ4n) is 1.43. The molecule has 0 saturated carbocycles. The summed E-state index contributed by atoms with van der Waals surface area (Å²) in [5.74, 6) is 0.0253. The number of Topliss-reactive ketones (excluding diaryl/α,β-unsaturated/α-hetero) is 1. The van der Waals surface area contributed by atoms with Crippen LogP contribution in [0, 0.1) is 0 Å². The van der Waals surface area contributed by atoms with Gasteiger partial charge >= 0.3 is 0 Å². The number of rotatable bonds is 3.